The lowest BCUT2D eigenvalue weighted by atomic mass is 10.2. The lowest BCUT2D eigenvalue weighted by Gasteiger charge is -2.02. The van der Waals surface area contributed by atoms with Crippen LogP contribution in [0.2, 0.25) is 0 Å². The van der Waals surface area contributed by atoms with E-state index in [1.54, 1.807) is 0 Å². The molecule has 1 rings (SSSR count). The van der Waals surface area contributed by atoms with Crippen LogP contribution >= 0.6 is 0 Å². The van der Waals surface area contributed by atoms with Crippen LogP contribution in [-0.4, -0.2) is 17.0 Å². The molecule has 3 heteroatoms. The first-order chi connectivity index (χ1) is 5.24. The molecule has 0 fully saturated rings. The summed E-state index contributed by atoms with van der Waals surface area (Å²) in [7, 11) is 1.92. The van der Waals surface area contributed by atoms with Gasteiger partial charge in [0, 0.05) is 24.0 Å². The van der Waals surface area contributed by atoms with Crippen LogP contribution in [0.4, 0.5) is 0 Å². The summed E-state index contributed by atoms with van der Waals surface area (Å²) < 4.78 is 0. The van der Waals surface area contributed by atoms with E-state index in [0.29, 0.717) is 0 Å². The van der Waals surface area contributed by atoms with Crippen molar-refractivity contribution in [1.29, 1.82) is 0 Å². The normalized spacial score (nSPS) is 10.1. The van der Waals surface area contributed by atoms with E-state index >= 15 is 0 Å². The highest BCUT2D eigenvalue weighted by Crippen LogP contribution is 2.02. The van der Waals surface area contributed by atoms with Crippen molar-refractivity contribution in [3.63, 3.8) is 0 Å². The Hall–Kier alpha value is -0.960. The molecular formula is C8H13N3. The van der Waals surface area contributed by atoms with Crippen molar-refractivity contribution in [2.45, 2.75) is 20.4 Å². The molecule has 1 aromatic rings. The van der Waals surface area contributed by atoms with Gasteiger partial charge >= 0.3 is 0 Å². The first-order valence-electron chi connectivity index (χ1n) is 3.67. The molecule has 60 valence electrons. The van der Waals surface area contributed by atoms with Crippen LogP contribution in [0.25, 0.3) is 0 Å². The van der Waals surface area contributed by atoms with Crippen LogP contribution in [0.15, 0.2) is 6.20 Å². The molecule has 0 atom stereocenters. The third-order valence-corrected chi connectivity index (χ3v) is 1.57. The monoisotopic (exact) mass is 151 g/mol. The molecule has 0 unspecified atom stereocenters. The number of hydrogen-bond donors (Lipinski definition) is 1. The van der Waals surface area contributed by atoms with Crippen molar-refractivity contribution in [3.8, 4) is 0 Å². The Kier molecular flexibility index (Phi) is 2.54. The van der Waals surface area contributed by atoms with E-state index in [9.17, 15) is 0 Å². The standard InChI is InChI=1S/C8H13N3/c1-6-8(4-9-3)5-10-7(2)11-6/h5,9H,4H2,1-3H3. The molecule has 0 aromatic carbocycles. The molecule has 11 heavy (non-hydrogen) atoms. The SMILES string of the molecule is CNCc1cnc(C)nc1C. The Morgan fingerprint density at radius 1 is 1.45 bits per heavy atom. The zero-order chi connectivity index (χ0) is 8.27. The highest BCUT2D eigenvalue weighted by Gasteiger charge is 1.97. The van der Waals surface area contributed by atoms with Crippen molar-refractivity contribution in [3.05, 3.63) is 23.3 Å². The predicted octanol–water partition coefficient (Wildman–Crippen LogP) is 0.813. The van der Waals surface area contributed by atoms with Crippen LogP contribution in [0, 0.1) is 13.8 Å². The smallest absolute Gasteiger partial charge is 0.125 e. The maximum atomic E-state index is 4.24. The van der Waals surface area contributed by atoms with E-state index < -0.39 is 0 Å². The third-order valence-electron chi connectivity index (χ3n) is 1.57. The number of rotatable bonds is 2. The molecule has 0 saturated heterocycles. The van der Waals surface area contributed by atoms with Gasteiger partial charge in [-0.1, -0.05) is 0 Å². The zero-order valence-electron chi connectivity index (χ0n) is 7.18. The van der Waals surface area contributed by atoms with Crippen molar-refractivity contribution >= 4 is 0 Å². The van der Waals surface area contributed by atoms with Crippen molar-refractivity contribution in [2.75, 3.05) is 7.05 Å². The summed E-state index contributed by atoms with van der Waals surface area (Å²) in [6, 6.07) is 0. The van der Waals surface area contributed by atoms with Crippen LogP contribution in [-0.2, 0) is 6.54 Å². The van der Waals surface area contributed by atoms with Gasteiger partial charge < -0.3 is 5.32 Å². The molecule has 0 radical (unpaired) electrons. The van der Waals surface area contributed by atoms with Crippen LogP contribution in [0.5, 0.6) is 0 Å². The molecule has 1 heterocycles. The Bertz CT molecular complexity index is 245. The fourth-order valence-electron chi connectivity index (χ4n) is 0.972. The highest BCUT2D eigenvalue weighted by molar-refractivity contribution is 5.15. The Balaban J connectivity index is 2.90. The van der Waals surface area contributed by atoms with Crippen LogP contribution in [0.1, 0.15) is 17.1 Å². The predicted molar refractivity (Wildman–Crippen MR) is 44.3 cm³/mol. The Morgan fingerprint density at radius 2 is 2.18 bits per heavy atom. The van der Waals surface area contributed by atoms with Gasteiger partial charge in [0.05, 0.1) is 0 Å². The fourth-order valence-corrected chi connectivity index (χ4v) is 0.972. The molecule has 0 amide bonds. The Labute approximate surface area is 66.9 Å². The third kappa shape index (κ3) is 1.98. The van der Waals surface area contributed by atoms with E-state index in [0.717, 1.165) is 23.6 Å². The maximum absolute atomic E-state index is 4.24. The van der Waals surface area contributed by atoms with E-state index in [4.69, 9.17) is 0 Å². The molecule has 0 aliphatic carbocycles. The molecule has 0 aliphatic heterocycles. The van der Waals surface area contributed by atoms with Gasteiger partial charge in [-0.2, -0.15) is 0 Å². The minimum Gasteiger partial charge on any atom is -0.316 e. The molecule has 0 bridgehead atoms. The summed E-state index contributed by atoms with van der Waals surface area (Å²) in [6.07, 6.45) is 1.87. The van der Waals surface area contributed by atoms with E-state index in [1.807, 2.05) is 27.1 Å². The largest absolute Gasteiger partial charge is 0.316 e. The van der Waals surface area contributed by atoms with E-state index in [2.05, 4.69) is 15.3 Å². The minimum atomic E-state index is 0.836. The topological polar surface area (TPSA) is 37.8 Å². The lowest BCUT2D eigenvalue weighted by molar-refractivity contribution is 0.791. The number of aryl methyl sites for hydroxylation is 2. The second-order valence-corrected chi connectivity index (χ2v) is 2.56. The second-order valence-electron chi connectivity index (χ2n) is 2.56. The molecule has 3 nitrogen and oxygen atoms in total. The molecule has 0 saturated carbocycles. The summed E-state index contributed by atoms with van der Waals surface area (Å²) in [5.41, 5.74) is 2.23. The molecule has 1 N–H and O–H groups in total. The quantitative estimate of drug-likeness (QED) is 0.679. The van der Waals surface area contributed by atoms with E-state index in [1.165, 1.54) is 0 Å². The summed E-state index contributed by atoms with van der Waals surface area (Å²) in [5.74, 6) is 0.836. The molecular weight excluding hydrogens is 138 g/mol. The van der Waals surface area contributed by atoms with Gasteiger partial charge in [-0.25, -0.2) is 9.97 Å². The molecule has 0 aliphatic rings. The van der Waals surface area contributed by atoms with Crippen LogP contribution < -0.4 is 5.32 Å². The fraction of sp³-hybridized carbons (Fsp3) is 0.500. The van der Waals surface area contributed by atoms with Crippen molar-refractivity contribution in [1.82, 2.24) is 15.3 Å². The van der Waals surface area contributed by atoms with Gasteiger partial charge in [-0.15, -0.1) is 0 Å². The zero-order valence-corrected chi connectivity index (χ0v) is 7.18. The molecule has 1 aromatic heterocycles. The number of nitrogens with zero attached hydrogens (tertiary/aromatic N) is 2. The minimum absolute atomic E-state index is 0.836. The first-order valence-corrected chi connectivity index (χ1v) is 3.67. The van der Waals surface area contributed by atoms with Crippen molar-refractivity contribution in [2.24, 2.45) is 0 Å². The van der Waals surface area contributed by atoms with Crippen LogP contribution in [0.3, 0.4) is 0 Å². The summed E-state index contributed by atoms with van der Waals surface area (Å²) >= 11 is 0. The number of nitrogens with one attached hydrogen (secondary N) is 1. The number of aromatic nitrogens is 2. The summed E-state index contributed by atoms with van der Waals surface area (Å²) in [6.45, 7) is 4.74. The maximum Gasteiger partial charge on any atom is 0.125 e. The average Bonchev–Trinajstić information content (AvgIpc) is 1.95. The second kappa shape index (κ2) is 3.44. The van der Waals surface area contributed by atoms with Gasteiger partial charge in [0.1, 0.15) is 5.82 Å². The van der Waals surface area contributed by atoms with Crippen molar-refractivity contribution < 1.29 is 0 Å². The molecule has 0 spiro atoms. The Morgan fingerprint density at radius 3 is 2.73 bits per heavy atom. The van der Waals surface area contributed by atoms with Gasteiger partial charge in [0.15, 0.2) is 0 Å². The lowest BCUT2D eigenvalue weighted by Crippen LogP contribution is -2.08. The first kappa shape index (κ1) is 8.14. The summed E-state index contributed by atoms with van der Waals surface area (Å²) in [4.78, 5) is 8.35. The van der Waals surface area contributed by atoms with Gasteiger partial charge in [0.25, 0.3) is 0 Å². The average molecular weight is 151 g/mol. The van der Waals surface area contributed by atoms with Gasteiger partial charge in [-0.3, -0.25) is 0 Å². The number of hydrogen-bond acceptors (Lipinski definition) is 3. The van der Waals surface area contributed by atoms with Gasteiger partial charge in [0.2, 0.25) is 0 Å². The van der Waals surface area contributed by atoms with Gasteiger partial charge in [-0.05, 0) is 20.9 Å². The van der Waals surface area contributed by atoms with E-state index in [-0.39, 0.29) is 0 Å². The highest BCUT2D eigenvalue weighted by atomic mass is 14.9. The summed E-state index contributed by atoms with van der Waals surface area (Å²) in [5, 5.41) is 3.06.